The number of methoxy groups -OCH3 is 1. The molecule has 2 aromatic carbocycles. The van der Waals surface area contributed by atoms with Crippen molar-refractivity contribution in [3.05, 3.63) is 59.2 Å². The Morgan fingerprint density at radius 3 is 2.47 bits per heavy atom. The van der Waals surface area contributed by atoms with Crippen LogP contribution < -0.4 is 15.0 Å². The first-order valence-electron chi connectivity index (χ1n) is 10.4. The third-order valence-corrected chi connectivity index (χ3v) is 5.97. The number of benzene rings is 2. The van der Waals surface area contributed by atoms with Gasteiger partial charge in [0.2, 0.25) is 0 Å². The molecule has 0 saturated carbocycles. The first-order valence-corrected chi connectivity index (χ1v) is 10.4. The van der Waals surface area contributed by atoms with Crippen LogP contribution in [0.15, 0.2) is 42.5 Å². The van der Waals surface area contributed by atoms with E-state index in [9.17, 15) is 22.8 Å². The van der Waals surface area contributed by atoms with Crippen LogP contribution in [0.3, 0.4) is 0 Å². The molecular weight excluding hydrogens is 423 g/mol. The molecule has 2 heterocycles. The number of hydrogen-bond donors (Lipinski definition) is 1. The van der Waals surface area contributed by atoms with Crippen molar-refractivity contribution < 1.29 is 27.5 Å². The monoisotopic (exact) mass is 447 g/mol. The highest BCUT2D eigenvalue weighted by atomic mass is 19.4. The van der Waals surface area contributed by atoms with Gasteiger partial charge in [0, 0.05) is 25.2 Å². The number of nitrogens with zero attached hydrogens (tertiary/aromatic N) is 2. The van der Waals surface area contributed by atoms with E-state index in [-0.39, 0.29) is 23.9 Å². The maximum absolute atomic E-state index is 13.4. The smallest absolute Gasteiger partial charge is 0.416 e. The number of carbonyl (C=O) groups excluding carboxylic acids is 2. The summed E-state index contributed by atoms with van der Waals surface area (Å²) in [7, 11) is 1.50. The number of likely N-dealkylation sites (tertiary alicyclic amines) is 1. The van der Waals surface area contributed by atoms with Crippen molar-refractivity contribution in [2.75, 3.05) is 31.6 Å². The molecule has 2 atom stereocenters. The lowest BCUT2D eigenvalue weighted by molar-refractivity contribution is -0.137. The van der Waals surface area contributed by atoms with Gasteiger partial charge in [0.1, 0.15) is 5.75 Å². The van der Waals surface area contributed by atoms with E-state index in [0.29, 0.717) is 48.6 Å². The third kappa shape index (κ3) is 4.11. The zero-order chi connectivity index (χ0) is 23.0. The Kier molecular flexibility index (Phi) is 5.75. The zero-order valence-electron chi connectivity index (χ0n) is 17.8. The Morgan fingerprint density at radius 2 is 1.88 bits per heavy atom. The van der Waals surface area contributed by atoms with Crippen molar-refractivity contribution >= 4 is 17.6 Å². The van der Waals surface area contributed by atoms with Crippen LogP contribution in [0.25, 0.3) is 0 Å². The van der Waals surface area contributed by atoms with E-state index in [1.54, 1.807) is 23.1 Å². The van der Waals surface area contributed by atoms with E-state index >= 15 is 0 Å². The van der Waals surface area contributed by atoms with Gasteiger partial charge in [0.15, 0.2) is 0 Å². The van der Waals surface area contributed by atoms with Crippen molar-refractivity contribution in [3.63, 3.8) is 0 Å². The van der Waals surface area contributed by atoms with Crippen LogP contribution in [0.5, 0.6) is 5.75 Å². The topological polar surface area (TPSA) is 61.9 Å². The normalized spacial score (nSPS) is 21.1. The van der Waals surface area contributed by atoms with E-state index in [2.05, 4.69) is 5.32 Å². The summed E-state index contributed by atoms with van der Waals surface area (Å²) in [6.07, 6.45) is -3.74. The molecule has 0 unspecified atom stereocenters. The molecule has 0 radical (unpaired) electrons. The van der Waals surface area contributed by atoms with Gasteiger partial charge < -0.3 is 15.0 Å². The van der Waals surface area contributed by atoms with Crippen molar-refractivity contribution in [1.82, 2.24) is 10.2 Å². The van der Waals surface area contributed by atoms with Crippen molar-refractivity contribution in [3.8, 4) is 5.75 Å². The van der Waals surface area contributed by atoms with Gasteiger partial charge in [-0.05, 0) is 48.2 Å². The summed E-state index contributed by atoms with van der Waals surface area (Å²) in [4.78, 5) is 28.8. The van der Waals surface area contributed by atoms with E-state index < -0.39 is 11.7 Å². The van der Waals surface area contributed by atoms with Gasteiger partial charge in [-0.3, -0.25) is 9.69 Å². The standard InChI is InChI=1S/C23H24F3N3O3/c1-14-11-18(15-3-6-17(7-4-15)23(24,25)26)29(13-14)21(30)16-5-8-20(32-2)19(12-16)28-10-9-27-22(28)31/h3-8,12,14,18H,9-11,13H2,1-2H3,(H,27,31)/t14-,18-/m0/s1. The second-order valence-electron chi connectivity index (χ2n) is 8.20. The predicted octanol–water partition coefficient (Wildman–Crippen LogP) is 4.47. The SMILES string of the molecule is COc1ccc(C(=O)N2C[C@@H](C)C[C@H]2c2ccc(C(F)(F)F)cc2)cc1N1CCNC1=O. The van der Waals surface area contributed by atoms with Gasteiger partial charge in [-0.1, -0.05) is 19.1 Å². The highest BCUT2D eigenvalue weighted by Gasteiger charge is 2.36. The molecular formula is C23H24F3N3O3. The molecule has 0 aliphatic carbocycles. The molecule has 1 N–H and O–H groups in total. The largest absolute Gasteiger partial charge is 0.495 e. The van der Waals surface area contributed by atoms with Crippen molar-refractivity contribution in [1.29, 1.82) is 0 Å². The number of nitrogens with one attached hydrogen (secondary N) is 1. The van der Waals surface area contributed by atoms with Crippen LogP contribution in [0.1, 0.15) is 40.9 Å². The number of halogens is 3. The van der Waals surface area contributed by atoms with Crippen LogP contribution in [-0.4, -0.2) is 43.6 Å². The second-order valence-corrected chi connectivity index (χ2v) is 8.20. The number of rotatable bonds is 4. The summed E-state index contributed by atoms with van der Waals surface area (Å²) in [5.41, 5.74) is 0.857. The summed E-state index contributed by atoms with van der Waals surface area (Å²) in [6, 6.07) is 9.35. The molecule has 2 fully saturated rings. The van der Waals surface area contributed by atoms with Gasteiger partial charge in [-0.25, -0.2) is 4.79 Å². The molecule has 3 amide bonds. The van der Waals surface area contributed by atoms with Crippen molar-refractivity contribution in [2.45, 2.75) is 25.6 Å². The molecule has 9 heteroatoms. The fourth-order valence-electron chi connectivity index (χ4n) is 4.38. The Bertz CT molecular complexity index is 1020. The summed E-state index contributed by atoms with van der Waals surface area (Å²) < 4.78 is 44.2. The first kappa shape index (κ1) is 22.0. The lowest BCUT2D eigenvalue weighted by Gasteiger charge is -2.26. The summed E-state index contributed by atoms with van der Waals surface area (Å²) in [5.74, 6) is 0.448. The van der Waals surface area contributed by atoms with Crippen LogP contribution in [0, 0.1) is 5.92 Å². The number of hydrogen-bond acceptors (Lipinski definition) is 3. The minimum atomic E-state index is -4.40. The lowest BCUT2D eigenvalue weighted by atomic mass is 9.99. The number of ether oxygens (including phenoxy) is 1. The molecule has 2 aliphatic rings. The Balaban J connectivity index is 1.63. The highest BCUT2D eigenvalue weighted by Crippen LogP contribution is 2.39. The molecule has 2 aliphatic heterocycles. The van der Waals surface area contributed by atoms with Gasteiger partial charge in [0.25, 0.3) is 5.91 Å². The summed E-state index contributed by atoms with van der Waals surface area (Å²) >= 11 is 0. The van der Waals surface area contributed by atoms with E-state index in [1.807, 2.05) is 6.92 Å². The van der Waals surface area contributed by atoms with Crippen LogP contribution >= 0.6 is 0 Å². The predicted molar refractivity (Wildman–Crippen MR) is 113 cm³/mol. The molecule has 6 nitrogen and oxygen atoms in total. The minimum Gasteiger partial charge on any atom is -0.495 e. The Labute approximate surface area is 183 Å². The van der Waals surface area contributed by atoms with Crippen LogP contribution in [-0.2, 0) is 6.18 Å². The maximum Gasteiger partial charge on any atom is 0.416 e. The third-order valence-electron chi connectivity index (χ3n) is 5.97. The summed E-state index contributed by atoms with van der Waals surface area (Å²) in [6.45, 7) is 3.47. The Hall–Kier alpha value is -3.23. The number of carbonyl (C=O) groups is 2. The molecule has 2 saturated heterocycles. The quantitative estimate of drug-likeness (QED) is 0.753. The van der Waals surface area contributed by atoms with Gasteiger partial charge in [-0.2, -0.15) is 13.2 Å². The number of alkyl halides is 3. The average molecular weight is 447 g/mol. The molecule has 0 bridgehead atoms. The minimum absolute atomic E-state index is 0.202. The van der Waals surface area contributed by atoms with Gasteiger partial charge >= 0.3 is 12.2 Å². The number of anilines is 1. The van der Waals surface area contributed by atoms with Gasteiger partial charge in [0.05, 0.1) is 24.4 Å². The van der Waals surface area contributed by atoms with Crippen molar-refractivity contribution in [2.24, 2.45) is 5.92 Å². The van der Waals surface area contributed by atoms with E-state index in [1.165, 1.54) is 24.1 Å². The van der Waals surface area contributed by atoms with Crippen LogP contribution in [0.4, 0.5) is 23.7 Å². The Morgan fingerprint density at radius 1 is 1.16 bits per heavy atom. The first-order chi connectivity index (χ1) is 15.2. The molecule has 170 valence electrons. The summed E-state index contributed by atoms with van der Waals surface area (Å²) in [5, 5.41) is 2.73. The average Bonchev–Trinajstić information content (AvgIpc) is 3.37. The van der Waals surface area contributed by atoms with Crippen LogP contribution in [0.2, 0.25) is 0 Å². The van der Waals surface area contributed by atoms with E-state index in [4.69, 9.17) is 4.74 Å². The maximum atomic E-state index is 13.4. The molecule has 0 spiro atoms. The number of urea groups is 1. The molecule has 2 aromatic rings. The second kappa shape index (κ2) is 8.37. The fraction of sp³-hybridized carbons (Fsp3) is 0.391. The highest BCUT2D eigenvalue weighted by molar-refractivity contribution is 6.00. The number of amides is 3. The van der Waals surface area contributed by atoms with E-state index in [0.717, 1.165) is 12.1 Å². The molecule has 0 aromatic heterocycles. The molecule has 32 heavy (non-hydrogen) atoms. The molecule has 4 rings (SSSR count). The lowest BCUT2D eigenvalue weighted by Crippen LogP contribution is -2.32. The fourth-order valence-corrected chi connectivity index (χ4v) is 4.38. The van der Waals surface area contributed by atoms with Gasteiger partial charge in [-0.15, -0.1) is 0 Å². The zero-order valence-corrected chi connectivity index (χ0v) is 17.8.